The maximum absolute atomic E-state index is 13.0. The van der Waals surface area contributed by atoms with Gasteiger partial charge in [0.05, 0.1) is 30.9 Å². The minimum Gasteiger partial charge on any atom is -0.480 e. The molecule has 12 heteroatoms. The second-order valence-electron chi connectivity index (χ2n) is 8.95. The molecule has 1 aromatic carbocycles. The number of ether oxygens (including phenoxy) is 1. The number of fused-ring (bicyclic) bond motifs is 1. The van der Waals surface area contributed by atoms with E-state index in [1.807, 2.05) is 12.1 Å². The van der Waals surface area contributed by atoms with Crippen LogP contribution >= 0.6 is 0 Å². The van der Waals surface area contributed by atoms with Crippen molar-refractivity contribution in [2.45, 2.75) is 31.5 Å². The molecule has 0 radical (unpaired) electrons. The lowest BCUT2D eigenvalue weighted by Gasteiger charge is -2.11. The average Bonchev–Trinajstić information content (AvgIpc) is 3.55. The van der Waals surface area contributed by atoms with Gasteiger partial charge >= 0.3 is 6.18 Å². The summed E-state index contributed by atoms with van der Waals surface area (Å²) in [7, 11) is 3.10. The van der Waals surface area contributed by atoms with E-state index in [0.29, 0.717) is 40.9 Å². The molecular formula is C25H21F3N8O. The van der Waals surface area contributed by atoms with E-state index < -0.39 is 11.9 Å². The Morgan fingerprint density at radius 1 is 1.03 bits per heavy atom. The zero-order valence-electron chi connectivity index (χ0n) is 19.9. The Kier molecular flexibility index (Phi) is 5.39. The van der Waals surface area contributed by atoms with Crippen LogP contribution in [-0.4, -0.2) is 46.4 Å². The van der Waals surface area contributed by atoms with Crippen LogP contribution in [0.25, 0.3) is 33.8 Å². The first kappa shape index (κ1) is 23.1. The van der Waals surface area contributed by atoms with Crippen molar-refractivity contribution in [1.29, 1.82) is 0 Å². The van der Waals surface area contributed by atoms with Crippen molar-refractivity contribution < 1.29 is 17.9 Å². The lowest BCUT2D eigenvalue weighted by atomic mass is 10.1. The summed E-state index contributed by atoms with van der Waals surface area (Å²) in [5, 5.41) is 5.25. The summed E-state index contributed by atoms with van der Waals surface area (Å²) in [4.78, 5) is 21.8. The van der Waals surface area contributed by atoms with Gasteiger partial charge in [0.2, 0.25) is 5.88 Å². The van der Waals surface area contributed by atoms with E-state index >= 15 is 0 Å². The molecule has 188 valence electrons. The molecule has 37 heavy (non-hydrogen) atoms. The predicted octanol–water partition coefficient (Wildman–Crippen LogP) is 4.64. The van der Waals surface area contributed by atoms with Crippen molar-refractivity contribution in [3.63, 3.8) is 0 Å². The Balaban J connectivity index is 1.31. The van der Waals surface area contributed by atoms with Crippen LogP contribution < -0.4 is 4.74 Å². The monoisotopic (exact) mass is 506 g/mol. The number of imidazole rings is 1. The van der Waals surface area contributed by atoms with E-state index in [0.717, 1.165) is 35.7 Å². The van der Waals surface area contributed by atoms with Crippen LogP contribution in [0.5, 0.6) is 5.88 Å². The molecule has 0 aliphatic heterocycles. The number of hydrogen-bond acceptors (Lipinski definition) is 7. The van der Waals surface area contributed by atoms with Crippen molar-refractivity contribution in [3.8, 4) is 28.7 Å². The Bertz CT molecular complexity index is 1600. The van der Waals surface area contributed by atoms with E-state index in [1.165, 1.54) is 10.9 Å². The van der Waals surface area contributed by atoms with E-state index in [1.54, 1.807) is 43.4 Å². The zero-order valence-corrected chi connectivity index (χ0v) is 19.9. The topological polar surface area (TPSA) is 96.4 Å². The number of halogens is 3. The van der Waals surface area contributed by atoms with Crippen LogP contribution in [0.3, 0.4) is 0 Å². The van der Waals surface area contributed by atoms with Crippen LogP contribution in [0.4, 0.5) is 13.2 Å². The fraction of sp³-hybridized carbons (Fsp3) is 0.280. The number of aromatic nitrogens is 8. The smallest absolute Gasteiger partial charge is 0.434 e. The average molecular weight is 506 g/mol. The van der Waals surface area contributed by atoms with Gasteiger partial charge < -0.3 is 9.30 Å². The van der Waals surface area contributed by atoms with E-state index in [4.69, 9.17) is 9.72 Å². The Hall–Kier alpha value is -4.35. The predicted molar refractivity (Wildman–Crippen MR) is 128 cm³/mol. The Labute approximate surface area is 209 Å². The molecule has 0 atom stereocenters. The van der Waals surface area contributed by atoms with E-state index in [9.17, 15) is 13.2 Å². The van der Waals surface area contributed by atoms with Crippen LogP contribution in [0.1, 0.15) is 35.7 Å². The summed E-state index contributed by atoms with van der Waals surface area (Å²) in [5.74, 6) is 1.49. The zero-order chi connectivity index (χ0) is 25.7. The lowest BCUT2D eigenvalue weighted by Crippen LogP contribution is -2.05. The standard InChI is InChI=1S/C25H21F3N8O/c1-35-12-18(25(26,27)28)33-22(35)16-5-3-14(4-6-16)11-36-23-17(10-32-36)9-29-21(34-23)19-20(15-7-8-15)30-13-31-24(19)37-2/h3-6,9-10,12-13,15H,7-8,11H2,1-2H3. The molecule has 1 fully saturated rings. The molecular weight excluding hydrogens is 485 g/mol. The largest absolute Gasteiger partial charge is 0.480 e. The molecule has 0 saturated heterocycles. The molecule has 1 saturated carbocycles. The fourth-order valence-corrected chi connectivity index (χ4v) is 4.32. The molecule has 0 amide bonds. The summed E-state index contributed by atoms with van der Waals surface area (Å²) < 4.78 is 47.7. The van der Waals surface area contributed by atoms with Gasteiger partial charge in [0, 0.05) is 30.9 Å². The lowest BCUT2D eigenvalue weighted by molar-refractivity contribution is -0.140. The first-order chi connectivity index (χ1) is 17.8. The molecule has 1 aliphatic carbocycles. The highest BCUT2D eigenvalue weighted by molar-refractivity contribution is 5.77. The highest BCUT2D eigenvalue weighted by Gasteiger charge is 2.34. The third-order valence-corrected chi connectivity index (χ3v) is 6.31. The maximum Gasteiger partial charge on any atom is 0.434 e. The summed E-state index contributed by atoms with van der Waals surface area (Å²) in [6.07, 6.45) is 3.51. The summed E-state index contributed by atoms with van der Waals surface area (Å²) in [5.41, 5.74) is 2.79. The number of nitrogens with zero attached hydrogens (tertiary/aromatic N) is 8. The molecule has 0 spiro atoms. The third kappa shape index (κ3) is 4.28. The number of aryl methyl sites for hydroxylation is 1. The number of alkyl halides is 3. The Morgan fingerprint density at radius 2 is 1.81 bits per heavy atom. The molecule has 1 aliphatic rings. The number of hydrogen-bond donors (Lipinski definition) is 0. The summed E-state index contributed by atoms with van der Waals surface area (Å²) in [6.45, 7) is 0.409. The van der Waals surface area contributed by atoms with Crippen LogP contribution in [-0.2, 0) is 19.8 Å². The van der Waals surface area contributed by atoms with Gasteiger partial charge in [-0.15, -0.1) is 0 Å². The minimum absolute atomic E-state index is 0.242. The van der Waals surface area contributed by atoms with Crippen molar-refractivity contribution in [2.75, 3.05) is 7.11 Å². The van der Waals surface area contributed by atoms with Gasteiger partial charge in [0.15, 0.2) is 17.2 Å². The van der Waals surface area contributed by atoms with Gasteiger partial charge in [-0.25, -0.2) is 29.6 Å². The fourth-order valence-electron chi connectivity index (χ4n) is 4.32. The van der Waals surface area contributed by atoms with E-state index in [-0.39, 0.29) is 5.82 Å². The summed E-state index contributed by atoms with van der Waals surface area (Å²) >= 11 is 0. The van der Waals surface area contributed by atoms with Crippen LogP contribution in [0, 0.1) is 0 Å². The van der Waals surface area contributed by atoms with Crippen LogP contribution in [0.15, 0.2) is 49.2 Å². The number of methoxy groups -OCH3 is 1. The van der Waals surface area contributed by atoms with Gasteiger partial charge in [-0.1, -0.05) is 24.3 Å². The molecule has 0 unspecified atom stereocenters. The molecule has 6 rings (SSSR count). The highest BCUT2D eigenvalue weighted by atomic mass is 19.4. The van der Waals surface area contributed by atoms with Crippen molar-refractivity contribution in [3.05, 3.63) is 66.1 Å². The molecule has 4 heterocycles. The highest BCUT2D eigenvalue weighted by Crippen LogP contribution is 2.44. The van der Waals surface area contributed by atoms with Crippen LogP contribution in [0.2, 0.25) is 0 Å². The second kappa shape index (κ2) is 8.64. The normalized spacial score (nSPS) is 13.9. The number of rotatable bonds is 6. The molecule has 0 N–H and O–H groups in total. The van der Waals surface area contributed by atoms with Crippen molar-refractivity contribution in [1.82, 2.24) is 39.3 Å². The molecule has 4 aromatic heterocycles. The molecule has 0 bridgehead atoms. The molecule has 9 nitrogen and oxygen atoms in total. The molecule has 5 aromatic rings. The van der Waals surface area contributed by atoms with Gasteiger partial charge in [-0.05, 0) is 18.4 Å². The first-order valence-corrected chi connectivity index (χ1v) is 11.6. The first-order valence-electron chi connectivity index (χ1n) is 11.6. The van der Waals surface area contributed by atoms with Crippen molar-refractivity contribution in [2.24, 2.45) is 7.05 Å². The van der Waals surface area contributed by atoms with Gasteiger partial charge in [0.25, 0.3) is 0 Å². The van der Waals surface area contributed by atoms with E-state index in [2.05, 4.69) is 25.0 Å². The van der Waals surface area contributed by atoms with Crippen molar-refractivity contribution >= 4 is 11.0 Å². The summed E-state index contributed by atoms with van der Waals surface area (Å²) in [6, 6.07) is 7.17. The third-order valence-electron chi connectivity index (χ3n) is 6.31. The van der Waals surface area contributed by atoms with Gasteiger partial charge in [-0.2, -0.15) is 18.3 Å². The van der Waals surface area contributed by atoms with Gasteiger partial charge in [0.1, 0.15) is 17.7 Å². The quantitative estimate of drug-likeness (QED) is 0.331. The SMILES string of the molecule is COc1ncnc(C2CC2)c1-c1ncc2cnn(Cc3ccc(-c4nc(C(F)(F)F)cn4C)cc3)c2n1. The Morgan fingerprint density at radius 3 is 2.49 bits per heavy atom. The maximum atomic E-state index is 13.0. The second-order valence-corrected chi connectivity index (χ2v) is 8.95. The minimum atomic E-state index is -4.49. The van der Waals surface area contributed by atoms with Gasteiger partial charge in [-0.3, -0.25) is 0 Å². The number of benzene rings is 1.